The molecule has 0 N–H and O–H groups in total. The highest BCUT2D eigenvalue weighted by molar-refractivity contribution is 5.44. The van der Waals surface area contributed by atoms with E-state index in [4.69, 9.17) is 0 Å². The molecule has 2 aromatic rings. The lowest BCUT2D eigenvalue weighted by atomic mass is 10.0. The maximum atomic E-state index is 2.36. The summed E-state index contributed by atoms with van der Waals surface area (Å²) in [5, 5.41) is 0. The molecule has 1 heteroatoms. The van der Waals surface area contributed by atoms with Crippen LogP contribution in [0.5, 0.6) is 0 Å². The van der Waals surface area contributed by atoms with Crippen molar-refractivity contribution in [2.75, 3.05) is 18.5 Å². The van der Waals surface area contributed by atoms with Crippen LogP contribution >= 0.6 is 0 Å². The molecule has 0 spiro atoms. The largest absolute Gasteiger partial charge is 0.375 e. The molecule has 0 bridgehead atoms. The lowest BCUT2D eigenvalue weighted by Gasteiger charge is -2.18. The summed E-state index contributed by atoms with van der Waals surface area (Å²) in [4.78, 5) is 2.36. The van der Waals surface area contributed by atoms with Crippen LogP contribution in [0.1, 0.15) is 44.1 Å². The Balaban J connectivity index is 1.46. The van der Waals surface area contributed by atoms with Crippen LogP contribution in [0.15, 0.2) is 60.7 Å². The number of benzene rings is 2. The van der Waals surface area contributed by atoms with E-state index < -0.39 is 0 Å². The lowest BCUT2D eigenvalue weighted by molar-refractivity contribution is 0.593. The lowest BCUT2D eigenvalue weighted by Crippen LogP contribution is -2.18. The molecular formula is C21H29N. The molecule has 0 saturated carbocycles. The second kappa shape index (κ2) is 10.0. The van der Waals surface area contributed by atoms with Crippen molar-refractivity contribution in [1.82, 2.24) is 0 Å². The fourth-order valence-corrected chi connectivity index (χ4v) is 2.84. The van der Waals surface area contributed by atoms with E-state index in [0.29, 0.717) is 0 Å². The van der Waals surface area contributed by atoms with Crippen molar-refractivity contribution in [2.45, 2.75) is 44.9 Å². The van der Waals surface area contributed by atoms with E-state index in [0.717, 1.165) is 6.54 Å². The van der Waals surface area contributed by atoms with Gasteiger partial charge in [-0.1, -0.05) is 74.2 Å². The SMILES string of the molecule is CN(CCCCCCCCc1ccccc1)c1ccccc1. The number of hydrogen-bond donors (Lipinski definition) is 0. The Kier molecular flexibility index (Phi) is 7.59. The number of hydrogen-bond acceptors (Lipinski definition) is 1. The highest BCUT2D eigenvalue weighted by atomic mass is 15.1. The molecule has 0 atom stereocenters. The van der Waals surface area contributed by atoms with Crippen molar-refractivity contribution in [2.24, 2.45) is 0 Å². The van der Waals surface area contributed by atoms with Gasteiger partial charge in [-0.25, -0.2) is 0 Å². The van der Waals surface area contributed by atoms with Crippen LogP contribution in [0.4, 0.5) is 5.69 Å². The Morgan fingerprint density at radius 3 is 1.86 bits per heavy atom. The zero-order valence-corrected chi connectivity index (χ0v) is 13.9. The molecule has 0 saturated heterocycles. The second-order valence-electron chi connectivity index (χ2n) is 6.11. The molecule has 0 amide bonds. The van der Waals surface area contributed by atoms with Gasteiger partial charge in [0, 0.05) is 19.3 Å². The van der Waals surface area contributed by atoms with Crippen molar-refractivity contribution in [3.63, 3.8) is 0 Å². The maximum Gasteiger partial charge on any atom is 0.0363 e. The predicted molar refractivity (Wildman–Crippen MR) is 97.6 cm³/mol. The van der Waals surface area contributed by atoms with E-state index in [1.165, 1.54) is 56.2 Å². The Hall–Kier alpha value is -1.76. The van der Waals surface area contributed by atoms with Crippen molar-refractivity contribution < 1.29 is 0 Å². The van der Waals surface area contributed by atoms with Gasteiger partial charge in [0.25, 0.3) is 0 Å². The van der Waals surface area contributed by atoms with Crippen molar-refractivity contribution in [3.8, 4) is 0 Å². The van der Waals surface area contributed by atoms with Gasteiger partial charge in [-0.15, -0.1) is 0 Å². The van der Waals surface area contributed by atoms with Crippen molar-refractivity contribution in [1.29, 1.82) is 0 Å². The van der Waals surface area contributed by atoms with Crippen LogP contribution in [-0.2, 0) is 6.42 Å². The number of nitrogens with zero attached hydrogens (tertiary/aromatic N) is 1. The fraction of sp³-hybridized carbons (Fsp3) is 0.429. The van der Waals surface area contributed by atoms with Gasteiger partial charge < -0.3 is 4.90 Å². The summed E-state index contributed by atoms with van der Waals surface area (Å²) in [6.45, 7) is 1.16. The monoisotopic (exact) mass is 295 g/mol. The third kappa shape index (κ3) is 6.34. The van der Waals surface area contributed by atoms with E-state index in [2.05, 4.69) is 72.6 Å². The summed E-state index contributed by atoms with van der Waals surface area (Å²) in [6, 6.07) is 21.5. The van der Waals surface area contributed by atoms with Crippen LogP contribution in [0.2, 0.25) is 0 Å². The third-order valence-corrected chi connectivity index (χ3v) is 4.25. The molecule has 0 heterocycles. The van der Waals surface area contributed by atoms with E-state index in [-0.39, 0.29) is 0 Å². The predicted octanol–water partition coefficient (Wildman–Crippen LogP) is 5.71. The molecule has 118 valence electrons. The van der Waals surface area contributed by atoms with Crippen molar-refractivity contribution in [3.05, 3.63) is 66.2 Å². The second-order valence-corrected chi connectivity index (χ2v) is 6.11. The molecular weight excluding hydrogens is 266 g/mol. The quantitative estimate of drug-likeness (QED) is 0.508. The smallest absolute Gasteiger partial charge is 0.0363 e. The van der Waals surface area contributed by atoms with E-state index in [1.54, 1.807) is 0 Å². The average molecular weight is 295 g/mol. The maximum absolute atomic E-state index is 2.36. The van der Waals surface area contributed by atoms with Gasteiger partial charge in [-0.2, -0.15) is 0 Å². The fourth-order valence-electron chi connectivity index (χ4n) is 2.84. The molecule has 0 aliphatic carbocycles. The molecule has 1 nitrogen and oxygen atoms in total. The highest BCUT2D eigenvalue weighted by Gasteiger charge is 1.99. The molecule has 0 radical (unpaired) electrons. The van der Waals surface area contributed by atoms with Gasteiger partial charge in [0.05, 0.1) is 0 Å². The summed E-state index contributed by atoms with van der Waals surface area (Å²) in [5.41, 5.74) is 2.80. The van der Waals surface area contributed by atoms with Gasteiger partial charge in [-0.05, 0) is 37.0 Å². The van der Waals surface area contributed by atoms with Crippen LogP contribution < -0.4 is 4.90 Å². The minimum Gasteiger partial charge on any atom is -0.375 e. The van der Waals surface area contributed by atoms with E-state index in [9.17, 15) is 0 Å². The number of para-hydroxylation sites is 1. The first-order valence-electron chi connectivity index (χ1n) is 8.66. The molecule has 2 aromatic carbocycles. The summed E-state index contributed by atoms with van der Waals surface area (Å²) in [7, 11) is 2.19. The van der Waals surface area contributed by atoms with E-state index >= 15 is 0 Å². The van der Waals surface area contributed by atoms with Gasteiger partial charge in [0.1, 0.15) is 0 Å². The number of rotatable bonds is 10. The minimum absolute atomic E-state index is 1.16. The Morgan fingerprint density at radius 1 is 0.636 bits per heavy atom. The van der Waals surface area contributed by atoms with Crippen LogP contribution in [0.25, 0.3) is 0 Å². The van der Waals surface area contributed by atoms with Gasteiger partial charge in [-0.3, -0.25) is 0 Å². The molecule has 0 fully saturated rings. The number of unbranched alkanes of at least 4 members (excludes halogenated alkanes) is 5. The Morgan fingerprint density at radius 2 is 1.18 bits per heavy atom. The molecule has 0 aliphatic heterocycles. The summed E-state index contributed by atoms with van der Waals surface area (Å²) in [5.74, 6) is 0. The van der Waals surface area contributed by atoms with Crippen LogP contribution in [0.3, 0.4) is 0 Å². The first-order valence-corrected chi connectivity index (χ1v) is 8.66. The summed E-state index contributed by atoms with van der Waals surface area (Å²) in [6.07, 6.45) is 9.32. The van der Waals surface area contributed by atoms with Gasteiger partial charge in [0.15, 0.2) is 0 Å². The van der Waals surface area contributed by atoms with Crippen molar-refractivity contribution >= 4 is 5.69 Å². The third-order valence-electron chi connectivity index (χ3n) is 4.25. The van der Waals surface area contributed by atoms with Gasteiger partial charge >= 0.3 is 0 Å². The Labute approximate surface area is 136 Å². The molecule has 22 heavy (non-hydrogen) atoms. The topological polar surface area (TPSA) is 3.24 Å². The molecule has 0 unspecified atom stereocenters. The molecule has 0 aromatic heterocycles. The summed E-state index contributed by atoms with van der Waals surface area (Å²) < 4.78 is 0. The normalized spacial score (nSPS) is 10.6. The number of anilines is 1. The molecule has 2 rings (SSSR count). The molecule has 0 aliphatic rings. The standard InChI is InChI=1S/C21H29N/c1-22(21-17-11-7-12-18-21)19-13-5-3-2-4-8-14-20-15-9-6-10-16-20/h6-7,9-12,15-18H,2-5,8,13-14,19H2,1H3. The highest BCUT2D eigenvalue weighted by Crippen LogP contribution is 2.13. The first-order chi connectivity index (χ1) is 10.9. The van der Waals surface area contributed by atoms with Crippen LogP contribution in [-0.4, -0.2) is 13.6 Å². The number of aryl methyl sites for hydroxylation is 1. The van der Waals surface area contributed by atoms with Crippen LogP contribution in [0, 0.1) is 0 Å². The summed E-state index contributed by atoms with van der Waals surface area (Å²) >= 11 is 0. The average Bonchev–Trinajstić information content (AvgIpc) is 2.59. The zero-order chi connectivity index (χ0) is 15.5. The van der Waals surface area contributed by atoms with E-state index in [1.807, 2.05) is 0 Å². The minimum atomic E-state index is 1.16. The first kappa shape index (κ1) is 16.6. The zero-order valence-electron chi connectivity index (χ0n) is 13.9. The Bertz CT molecular complexity index is 492. The van der Waals surface area contributed by atoms with Gasteiger partial charge in [0.2, 0.25) is 0 Å².